The molecule has 0 N–H and O–H groups in total. The topological polar surface area (TPSA) is 68.6 Å². The van der Waals surface area contributed by atoms with E-state index in [-0.39, 0.29) is 10.6 Å². The molecule has 7 heteroatoms. The summed E-state index contributed by atoms with van der Waals surface area (Å²) >= 11 is 0. The standard InChI is InChI=1S/C22H23N5O2/c28-27(29)18-10-8-17(9-11-18)21-16-26-20-7-3-2-6-19(20)23-22(26)25(21)15-14-24-12-4-1-5-13-24/h2-3,6-11,16H,1,4-5,12-15H2. The fourth-order valence-electron chi connectivity index (χ4n) is 4.28. The highest BCUT2D eigenvalue weighted by molar-refractivity contribution is 5.81. The zero-order chi connectivity index (χ0) is 19.8. The number of hydrogen-bond donors (Lipinski definition) is 0. The molecule has 0 saturated carbocycles. The maximum Gasteiger partial charge on any atom is 0.269 e. The van der Waals surface area contributed by atoms with Crippen LogP contribution in [0.3, 0.4) is 0 Å². The predicted octanol–water partition coefficient (Wildman–Crippen LogP) is 4.35. The monoisotopic (exact) mass is 389 g/mol. The van der Waals surface area contributed by atoms with Crippen molar-refractivity contribution in [3.8, 4) is 11.3 Å². The Bertz CT molecular complexity index is 1170. The molecular formula is C22H23N5O2. The molecule has 1 fully saturated rings. The van der Waals surface area contributed by atoms with Crippen LogP contribution in [-0.2, 0) is 6.54 Å². The van der Waals surface area contributed by atoms with E-state index in [4.69, 9.17) is 4.98 Å². The molecule has 2 aromatic heterocycles. The van der Waals surface area contributed by atoms with Crippen LogP contribution in [0.5, 0.6) is 0 Å². The number of rotatable bonds is 5. The molecule has 0 atom stereocenters. The van der Waals surface area contributed by atoms with Crippen molar-refractivity contribution in [1.82, 2.24) is 18.9 Å². The van der Waals surface area contributed by atoms with Gasteiger partial charge >= 0.3 is 0 Å². The first-order valence-electron chi connectivity index (χ1n) is 10.1. The van der Waals surface area contributed by atoms with Crippen LogP contribution in [0.1, 0.15) is 19.3 Å². The van der Waals surface area contributed by atoms with Crippen LogP contribution in [0.25, 0.3) is 28.1 Å². The molecule has 0 aliphatic carbocycles. The summed E-state index contributed by atoms with van der Waals surface area (Å²) in [5.41, 5.74) is 4.15. The highest BCUT2D eigenvalue weighted by atomic mass is 16.6. The molecule has 148 valence electrons. The SMILES string of the molecule is O=[N+]([O-])c1ccc(-c2cn3c4ccccc4nc3n2CCN2CCCCC2)cc1. The number of likely N-dealkylation sites (tertiary alicyclic amines) is 1. The number of hydrogen-bond acceptors (Lipinski definition) is 4. The first kappa shape index (κ1) is 17.9. The zero-order valence-electron chi connectivity index (χ0n) is 16.2. The van der Waals surface area contributed by atoms with E-state index in [2.05, 4.69) is 26.1 Å². The summed E-state index contributed by atoms with van der Waals surface area (Å²) in [5.74, 6) is 0.913. The van der Waals surface area contributed by atoms with Crippen LogP contribution in [-0.4, -0.2) is 43.4 Å². The number of nitro benzene ring substituents is 1. The number of benzene rings is 2. The summed E-state index contributed by atoms with van der Waals surface area (Å²) in [6.07, 6.45) is 5.96. The highest BCUT2D eigenvalue weighted by Gasteiger charge is 2.18. The van der Waals surface area contributed by atoms with Crippen molar-refractivity contribution >= 4 is 22.5 Å². The number of aromatic nitrogens is 3. The molecule has 1 saturated heterocycles. The van der Waals surface area contributed by atoms with E-state index in [1.807, 2.05) is 30.3 Å². The number of imidazole rings is 2. The fraction of sp³-hybridized carbons (Fsp3) is 0.318. The first-order valence-corrected chi connectivity index (χ1v) is 10.1. The molecule has 5 rings (SSSR count). The first-order chi connectivity index (χ1) is 14.2. The third-order valence-corrected chi connectivity index (χ3v) is 5.82. The van der Waals surface area contributed by atoms with Crippen molar-refractivity contribution in [2.75, 3.05) is 19.6 Å². The highest BCUT2D eigenvalue weighted by Crippen LogP contribution is 2.28. The number of piperidine rings is 1. The van der Waals surface area contributed by atoms with Crippen molar-refractivity contribution in [1.29, 1.82) is 0 Å². The Morgan fingerprint density at radius 2 is 1.72 bits per heavy atom. The summed E-state index contributed by atoms with van der Waals surface area (Å²) in [7, 11) is 0. The number of fused-ring (bicyclic) bond motifs is 3. The van der Waals surface area contributed by atoms with Gasteiger partial charge in [0.05, 0.1) is 21.7 Å². The summed E-state index contributed by atoms with van der Waals surface area (Å²) in [5, 5.41) is 11.0. The number of para-hydroxylation sites is 2. The van der Waals surface area contributed by atoms with Crippen molar-refractivity contribution < 1.29 is 4.92 Å². The second kappa shape index (κ2) is 7.33. The van der Waals surface area contributed by atoms with Crippen LogP contribution in [0.4, 0.5) is 5.69 Å². The Morgan fingerprint density at radius 3 is 2.48 bits per heavy atom. The van der Waals surface area contributed by atoms with Crippen molar-refractivity contribution in [2.45, 2.75) is 25.8 Å². The third-order valence-electron chi connectivity index (χ3n) is 5.82. The smallest absolute Gasteiger partial charge is 0.269 e. The minimum Gasteiger partial charge on any atom is -0.308 e. The van der Waals surface area contributed by atoms with Gasteiger partial charge in [0.1, 0.15) is 0 Å². The van der Waals surface area contributed by atoms with E-state index in [0.717, 1.165) is 54.2 Å². The lowest BCUT2D eigenvalue weighted by molar-refractivity contribution is -0.384. The van der Waals surface area contributed by atoms with Crippen LogP contribution in [0, 0.1) is 10.1 Å². The number of nitrogens with zero attached hydrogens (tertiary/aromatic N) is 5. The van der Waals surface area contributed by atoms with Crippen LogP contribution >= 0.6 is 0 Å². The van der Waals surface area contributed by atoms with Gasteiger partial charge in [0, 0.05) is 37.0 Å². The second-order valence-corrected chi connectivity index (χ2v) is 7.64. The molecule has 0 amide bonds. The third kappa shape index (κ3) is 3.27. The summed E-state index contributed by atoms with van der Waals surface area (Å²) in [6.45, 7) is 4.13. The quantitative estimate of drug-likeness (QED) is 0.376. The Labute approximate surface area is 168 Å². The fourth-order valence-corrected chi connectivity index (χ4v) is 4.28. The van der Waals surface area contributed by atoms with E-state index in [1.54, 1.807) is 12.1 Å². The number of non-ortho nitro benzene ring substituents is 1. The molecular weight excluding hydrogens is 366 g/mol. The average molecular weight is 389 g/mol. The van der Waals surface area contributed by atoms with Gasteiger partial charge in [-0.1, -0.05) is 18.6 Å². The largest absolute Gasteiger partial charge is 0.308 e. The molecule has 1 aliphatic rings. The maximum absolute atomic E-state index is 11.0. The summed E-state index contributed by atoms with van der Waals surface area (Å²) in [4.78, 5) is 18.0. The van der Waals surface area contributed by atoms with E-state index < -0.39 is 0 Å². The molecule has 0 unspecified atom stereocenters. The Hall–Kier alpha value is -3.19. The lowest BCUT2D eigenvalue weighted by Crippen LogP contribution is -2.32. The van der Waals surface area contributed by atoms with Crippen molar-refractivity contribution in [3.05, 3.63) is 64.8 Å². The van der Waals surface area contributed by atoms with E-state index in [1.165, 1.54) is 19.3 Å². The minimum absolute atomic E-state index is 0.107. The molecule has 7 nitrogen and oxygen atoms in total. The number of nitro groups is 1. The van der Waals surface area contributed by atoms with Crippen molar-refractivity contribution in [3.63, 3.8) is 0 Å². The normalized spacial score (nSPS) is 15.3. The molecule has 0 spiro atoms. The molecule has 1 aliphatic heterocycles. The molecule has 29 heavy (non-hydrogen) atoms. The van der Waals surface area contributed by atoms with Crippen molar-refractivity contribution in [2.24, 2.45) is 0 Å². The van der Waals surface area contributed by atoms with E-state index in [0.29, 0.717) is 0 Å². The Morgan fingerprint density at radius 1 is 0.966 bits per heavy atom. The molecule has 0 bridgehead atoms. The predicted molar refractivity (Wildman–Crippen MR) is 113 cm³/mol. The van der Waals surface area contributed by atoms with Gasteiger partial charge in [-0.15, -0.1) is 0 Å². The zero-order valence-corrected chi connectivity index (χ0v) is 16.2. The van der Waals surface area contributed by atoms with Gasteiger partial charge in [0.2, 0.25) is 5.78 Å². The van der Waals surface area contributed by atoms with E-state index in [9.17, 15) is 10.1 Å². The van der Waals surface area contributed by atoms with E-state index >= 15 is 0 Å². The van der Waals surface area contributed by atoms with Gasteiger partial charge in [-0.25, -0.2) is 4.98 Å². The molecule has 4 aromatic rings. The molecule has 0 radical (unpaired) electrons. The van der Waals surface area contributed by atoms with Gasteiger partial charge < -0.3 is 9.47 Å². The Balaban J connectivity index is 1.58. The lowest BCUT2D eigenvalue weighted by Gasteiger charge is -2.26. The van der Waals surface area contributed by atoms with Gasteiger partial charge in [-0.2, -0.15) is 0 Å². The van der Waals surface area contributed by atoms with Crippen LogP contribution < -0.4 is 0 Å². The summed E-state index contributed by atoms with van der Waals surface area (Å²) in [6, 6.07) is 14.9. The summed E-state index contributed by atoms with van der Waals surface area (Å²) < 4.78 is 4.37. The minimum atomic E-state index is -0.362. The Kier molecular flexibility index (Phi) is 4.52. The molecule has 3 heterocycles. The van der Waals surface area contributed by atoms with Gasteiger partial charge in [0.25, 0.3) is 5.69 Å². The van der Waals surface area contributed by atoms with Gasteiger partial charge in [-0.05, 0) is 50.2 Å². The maximum atomic E-state index is 11.0. The molecule has 2 aromatic carbocycles. The van der Waals surface area contributed by atoms with Gasteiger partial charge in [-0.3, -0.25) is 14.5 Å². The second-order valence-electron chi connectivity index (χ2n) is 7.64. The average Bonchev–Trinajstić information content (AvgIpc) is 3.29. The van der Waals surface area contributed by atoms with Crippen LogP contribution in [0.15, 0.2) is 54.7 Å². The lowest BCUT2D eigenvalue weighted by atomic mass is 10.1. The van der Waals surface area contributed by atoms with Gasteiger partial charge in [0.15, 0.2) is 0 Å². The van der Waals surface area contributed by atoms with Crippen LogP contribution in [0.2, 0.25) is 0 Å².